The SMILES string of the molecule is CCCCCOc1ccc(/C=N/NC(=O)COc2c(C)cc(Br)cc2C)cc1OC. The molecule has 0 aliphatic carbocycles. The highest BCUT2D eigenvalue weighted by atomic mass is 79.9. The normalized spacial score (nSPS) is 10.8. The average molecular weight is 477 g/mol. The fourth-order valence-electron chi connectivity index (χ4n) is 2.89. The number of hydrazone groups is 1. The molecule has 0 aliphatic heterocycles. The molecule has 2 rings (SSSR count). The number of nitrogens with one attached hydrogen (secondary N) is 1. The van der Waals surface area contributed by atoms with Crippen LogP contribution in [0.5, 0.6) is 17.2 Å². The molecule has 162 valence electrons. The van der Waals surface area contributed by atoms with Crippen LogP contribution in [0.4, 0.5) is 0 Å². The first-order valence-electron chi connectivity index (χ1n) is 9.96. The summed E-state index contributed by atoms with van der Waals surface area (Å²) in [5, 5.41) is 4.00. The number of unbranched alkanes of at least 4 members (excludes halogenated alkanes) is 2. The van der Waals surface area contributed by atoms with Gasteiger partial charge in [0.05, 0.1) is 19.9 Å². The number of carbonyl (C=O) groups excluding carboxylic acids is 1. The summed E-state index contributed by atoms with van der Waals surface area (Å²) >= 11 is 3.45. The van der Waals surface area contributed by atoms with Crippen molar-refractivity contribution in [2.24, 2.45) is 5.10 Å². The number of rotatable bonds is 11. The van der Waals surface area contributed by atoms with Gasteiger partial charge in [-0.2, -0.15) is 5.10 Å². The van der Waals surface area contributed by atoms with Crippen molar-refractivity contribution < 1.29 is 19.0 Å². The Morgan fingerprint density at radius 1 is 1.10 bits per heavy atom. The van der Waals surface area contributed by atoms with E-state index >= 15 is 0 Å². The number of methoxy groups -OCH3 is 1. The predicted molar refractivity (Wildman–Crippen MR) is 123 cm³/mol. The van der Waals surface area contributed by atoms with Crippen LogP contribution in [0.25, 0.3) is 0 Å². The summed E-state index contributed by atoms with van der Waals surface area (Å²) in [4.78, 5) is 12.0. The second kappa shape index (κ2) is 12.2. The highest BCUT2D eigenvalue weighted by Gasteiger charge is 2.09. The maximum atomic E-state index is 12.0. The van der Waals surface area contributed by atoms with E-state index in [9.17, 15) is 4.79 Å². The highest BCUT2D eigenvalue weighted by Crippen LogP contribution is 2.28. The number of aryl methyl sites for hydroxylation is 2. The first-order chi connectivity index (χ1) is 14.4. The molecule has 0 radical (unpaired) electrons. The number of halogens is 1. The number of hydrogen-bond donors (Lipinski definition) is 1. The Hall–Kier alpha value is -2.54. The van der Waals surface area contributed by atoms with Crippen LogP contribution < -0.4 is 19.6 Å². The molecule has 2 aromatic carbocycles. The molecule has 0 bridgehead atoms. The molecule has 0 saturated carbocycles. The third-order valence-electron chi connectivity index (χ3n) is 4.37. The van der Waals surface area contributed by atoms with E-state index in [1.165, 1.54) is 0 Å². The molecule has 0 atom stereocenters. The summed E-state index contributed by atoms with van der Waals surface area (Å²) in [5.74, 6) is 1.70. The van der Waals surface area contributed by atoms with Crippen LogP contribution in [0.15, 0.2) is 39.9 Å². The Balaban J connectivity index is 1.87. The van der Waals surface area contributed by atoms with Crippen molar-refractivity contribution in [2.75, 3.05) is 20.3 Å². The van der Waals surface area contributed by atoms with Gasteiger partial charge in [0.2, 0.25) is 0 Å². The van der Waals surface area contributed by atoms with E-state index in [1.807, 2.05) is 44.2 Å². The Morgan fingerprint density at radius 2 is 1.83 bits per heavy atom. The maximum absolute atomic E-state index is 12.0. The van der Waals surface area contributed by atoms with Gasteiger partial charge in [-0.1, -0.05) is 35.7 Å². The maximum Gasteiger partial charge on any atom is 0.277 e. The van der Waals surface area contributed by atoms with Crippen LogP contribution in [0.2, 0.25) is 0 Å². The van der Waals surface area contributed by atoms with E-state index in [4.69, 9.17) is 14.2 Å². The Morgan fingerprint density at radius 3 is 2.50 bits per heavy atom. The molecule has 30 heavy (non-hydrogen) atoms. The molecular weight excluding hydrogens is 448 g/mol. The molecule has 2 aromatic rings. The van der Waals surface area contributed by atoms with Crippen molar-refractivity contribution >= 4 is 28.1 Å². The lowest BCUT2D eigenvalue weighted by Crippen LogP contribution is -2.25. The van der Waals surface area contributed by atoms with Crippen molar-refractivity contribution in [1.82, 2.24) is 5.43 Å². The smallest absolute Gasteiger partial charge is 0.277 e. The fourth-order valence-corrected chi connectivity index (χ4v) is 3.58. The van der Waals surface area contributed by atoms with Crippen molar-refractivity contribution in [3.8, 4) is 17.2 Å². The Labute approximate surface area is 186 Å². The molecule has 1 amide bonds. The first-order valence-corrected chi connectivity index (χ1v) is 10.8. The largest absolute Gasteiger partial charge is 0.493 e. The number of benzene rings is 2. The van der Waals surface area contributed by atoms with Crippen LogP contribution in [-0.4, -0.2) is 32.4 Å². The second-order valence-electron chi connectivity index (χ2n) is 6.92. The monoisotopic (exact) mass is 476 g/mol. The van der Waals surface area contributed by atoms with Crippen molar-refractivity contribution in [3.05, 3.63) is 51.5 Å². The summed E-state index contributed by atoms with van der Waals surface area (Å²) in [6.07, 6.45) is 4.85. The van der Waals surface area contributed by atoms with Gasteiger partial charge in [-0.15, -0.1) is 0 Å². The number of carbonyl (C=O) groups is 1. The van der Waals surface area contributed by atoms with Gasteiger partial charge >= 0.3 is 0 Å². The third-order valence-corrected chi connectivity index (χ3v) is 4.83. The van der Waals surface area contributed by atoms with Crippen molar-refractivity contribution in [3.63, 3.8) is 0 Å². The molecule has 1 N–H and O–H groups in total. The molecule has 0 heterocycles. The van der Waals surface area contributed by atoms with E-state index in [0.29, 0.717) is 23.9 Å². The molecule has 0 aromatic heterocycles. The minimum atomic E-state index is -0.337. The van der Waals surface area contributed by atoms with Crippen molar-refractivity contribution in [2.45, 2.75) is 40.0 Å². The Kier molecular flexibility index (Phi) is 9.67. The zero-order valence-corrected chi connectivity index (χ0v) is 19.5. The fraction of sp³-hybridized carbons (Fsp3) is 0.391. The lowest BCUT2D eigenvalue weighted by molar-refractivity contribution is -0.123. The quantitative estimate of drug-likeness (QED) is 0.275. The molecular formula is C23H29BrN2O4. The van der Waals surface area contributed by atoms with E-state index in [1.54, 1.807) is 13.3 Å². The molecule has 0 aliphatic rings. The zero-order chi connectivity index (χ0) is 21.9. The number of nitrogens with zero attached hydrogens (tertiary/aromatic N) is 1. The topological polar surface area (TPSA) is 69.2 Å². The van der Waals surface area contributed by atoms with Gasteiger partial charge in [-0.3, -0.25) is 4.79 Å². The van der Waals surface area contributed by atoms with Crippen LogP contribution in [0.3, 0.4) is 0 Å². The Bertz CT molecular complexity index is 860. The summed E-state index contributed by atoms with van der Waals surface area (Å²) in [7, 11) is 1.60. The summed E-state index contributed by atoms with van der Waals surface area (Å²) < 4.78 is 17.8. The van der Waals surface area contributed by atoms with E-state index in [0.717, 1.165) is 40.4 Å². The summed E-state index contributed by atoms with van der Waals surface area (Å²) in [6, 6.07) is 9.41. The van der Waals surface area contributed by atoms with Gasteiger partial charge in [-0.25, -0.2) is 5.43 Å². The predicted octanol–water partition coefficient (Wildman–Crippen LogP) is 5.17. The third kappa shape index (κ3) is 7.37. The van der Waals surface area contributed by atoms with Gasteiger partial charge in [0, 0.05) is 4.47 Å². The van der Waals surface area contributed by atoms with Crippen LogP contribution in [0.1, 0.15) is 42.9 Å². The molecule has 0 unspecified atom stereocenters. The van der Waals surface area contributed by atoms with Gasteiger partial charge < -0.3 is 14.2 Å². The van der Waals surface area contributed by atoms with Crippen LogP contribution in [0, 0.1) is 13.8 Å². The van der Waals surface area contributed by atoms with Crippen LogP contribution in [-0.2, 0) is 4.79 Å². The van der Waals surface area contributed by atoms with Crippen LogP contribution >= 0.6 is 15.9 Å². The van der Waals surface area contributed by atoms with E-state index in [-0.39, 0.29) is 12.5 Å². The van der Waals surface area contributed by atoms with E-state index in [2.05, 4.69) is 33.4 Å². The molecule has 0 spiro atoms. The number of hydrogen-bond acceptors (Lipinski definition) is 5. The van der Waals surface area contributed by atoms with Gasteiger partial charge in [0.25, 0.3) is 5.91 Å². The van der Waals surface area contributed by atoms with Gasteiger partial charge in [0.15, 0.2) is 18.1 Å². The summed E-state index contributed by atoms with van der Waals surface area (Å²) in [6.45, 7) is 6.57. The second-order valence-corrected chi connectivity index (χ2v) is 7.83. The highest BCUT2D eigenvalue weighted by molar-refractivity contribution is 9.10. The lowest BCUT2D eigenvalue weighted by Gasteiger charge is -2.12. The number of ether oxygens (including phenoxy) is 3. The lowest BCUT2D eigenvalue weighted by atomic mass is 10.1. The minimum Gasteiger partial charge on any atom is -0.493 e. The van der Waals surface area contributed by atoms with Gasteiger partial charge in [-0.05, 0) is 67.3 Å². The molecule has 0 fully saturated rings. The minimum absolute atomic E-state index is 0.117. The van der Waals surface area contributed by atoms with Gasteiger partial charge in [0.1, 0.15) is 5.75 Å². The zero-order valence-electron chi connectivity index (χ0n) is 18.0. The average Bonchev–Trinajstić information content (AvgIpc) is 2.71. The summed E-state index contributed by atoms with van der Waals surface area (Å²) in [5.41, 5.74) is 5.18. The van der Waals surface area contributed by atoms with Crippen molar-refractivity contribution in [1.29, 1.82) is 0 Å². The molecule has 0 saturated heterocycles. The standard InChI is InChI=1S/C23H29BrN2O4/c1-5-6-7-10-29-20-9-8-18(13-21(20)28-4)14-25-26-22(27)15-30-23-16(2)11-19(24)12-17(23)3/h8-9,11-14H,5-7,10,15H2,1-4H3,(H,26,27)/b25-14+. The molecule has 7 heteroatoms. The number of amides is 1. The molecule has 6 nitrogen and oxygen atoms in total. The van der Waals surface area contributed by atoms with E-state index < -0.39 is 0 Å². The first kappa shape index (κ1) is 23.7.